The number of rotatable bonds is 7. The lowest BCUT2D eigenvalue weighted by atomic mass is 9.84. The van der Waals surface area contributed by atoms with Crippen molar-refractivity contribution in [1.82, 2.24) is 9.80 Å². The molecule has 0 radical (unpaired) electrons. The minimum Gasteiger partial charge on any atom is -0.395 e. The predicted molar refractivity (Wildman–Crippen MR) is 115 cm³/mol. The Morgan fingerprint density at radius 2 is 2.00 bits per heavy atom. The zero-order valence-corrected chi connectivity index (χ0v) is 17.4. The first kappa shape index (κ1) is 21.5. The van der Waals surface area contributed by atoms with Crippen LogP contribution in [0.2, 0.25) is 0 Å². The molecule has 1 fully saturated rings. The van der Waals surface area contributed by atoms with E-state index < -0.39 is 0 Å². The third-order valence-corrected chi connectivity index (χ3v) is 6.15. The lowest BCUT2D eigenvalue weighted by molar-refractivity contribution is -0.133. The van der Waals surface area contributed by atoms with Gasteiger partial charge in [0, 0.05) is 25.2 Å². The van der Waals surface area contributed by atoms with Crippen LogP contribution >= 0.6 is 0 Å². The number of amides is 2. The van der Waals surface area contributed by atoms with Gasteiger partial charge >= 0.3 is 0 Å². The van der Waals surface area contributed by atoms with Gasteiger partial charge in [-0.05, 0) is 74.3 Å². The van der Waals surface area contributed by atoms with E-state index in [2.05, 4.69) is 12.1 Å². The molecule has 1 aromatic carbocycles. The van der Waals surface area contributed by atoms with Gasteiger partial charge in [-0.3, -0.25) is 14.5 Å². The minimum absolute atomic E-state index is 0.0614. The molecule has 2 aliphatic rings. The molecule has 1 aliphatic heterocycles. The molecule has 2 amide bonds. The first-order chi connectivity index (χ1) is 14.0. The van der Waals surface area contributed by atoms with Crippen LogP contribution in [0.5, 0.6) is 0 Å². The highest BCUT2D eigenvalue weighted by molar-refractivity contribution is 5.98. The summed E-state index contributed by atoms with van der Waals surface area (Å²) in [4.78, 5) is 28.2. The van der Waals surface area contributed by atoms with Gasteiger partial charge in [0.25, 0.3) is 0 Å². The highest BCUT2D eigenvalue weighted by Gasteiger charge is 2.25. The van der Waals surface area contributed by atoms with E-state index in [1.54, 1.807) is 0 Å². The second-order valence-electron chi connectivity index (χ2n) is 8.26. The summed E-state index contributed by atoms with van der Waals surface area (Å²) in [5.41, 5.74) is 9.72. The van der Waals surface area contributed by atoms with Crippen molar-refractivity contribution in [3.05, 3.63) is 41.0 Å². The Hall–Kier alpha value is -2.18. The van der Waals surface area contributed by atoms with E-state index in [0.717, 1.165) is 50.8 Å². The molecule has 1 heterocycles. The summed E-state index contributed by atoms with van der Waals surface area (Å²) in [6.45, 7) is 2.40. The Kier molecular flexibility index (Phi) is 7.45. The molecule has 1 aliphatic carbocycles. The molecule has 0 saturated carbocycles. The molecule has 3 N–H and O–H groups in total. The molecule has 0 atom stereocenters. The highest BCUT2D eigenvalue weighted by atomic mass is 16.3. The van der Waals surface area contributed by atoms with Crippen LogP contribution in [0.4, 0.5) is 0 Å². The van der Waals surface area contributed by atoms with E-state index in [1.807, 2.05) is 29.0 Å². The van der Waals surface area contributed by atoms with E-state index in [-0.39, 0.29) is 18.4 Å². The summed E-state index contributed by atoms with van der Waals surface area (Å²) in [6.07, 6.45) is 8.50. The molecular formula is C23H33N3O3. The fourth-order valence-corrected chi connectivity index (χ4v) is 4.42. The second kappa shape index (κ2) is 10.0. The average molecular weight is 400 g/mol. The molecule has 3 rings (SSSR count). The third kappa shape index (κ3) is 5.46. The maximum absolute atomic E-state index is 12.5. The molecule has 6 nitrogen and oxygen atoms in total. The van der Waals surface area contributed by atoms with Crippen LogP contribution in [-0.4, -0.2) is 66.6 Å². The first-order valence-corrected chi connectivity index (χ1v) is 10.7. The van der Waals surface area contributed by atoms with E-state index in [9.17, 15) is 9.59 Å². The number of aliphatic hydroxyl groups excluding tert-OH is 1. The van der Waals surface area contributed by atoms with Crippen LogP contribution in [0.3, 0.4) is 0 Å². The van der Waals surface area contributed by atoms with Crippen LogP contribution in [0, 0.1) is 0 Å². The smallest absolute Gasteiger partial charge is 0.249 e. The number of piperidine rings is 1. The van der Waals surface area contributed by atoms with Gasteiger partial charge in [0.2, 0.25) is 11.8 Å². The van der Waals surface area contributed by atoms with Crippen LogP contribution in [0.25, 0.3) is 5.57 Å². The van der Waals surface area contributed by atoms with Crippen molar-refractivity contribution in [2.45, 2.75) is 44.4 Å². The zero-order valence-electron chi connectivity index (χ0n) is 17.4. The number of carbonyl (C=O) groups excluding carboxylic acids is 2. The fraction of sp³-hybridized carbons (Fsp3) is 0.565. The average Bonchev–Trinajstić information content (AvgIpc) is 2.74. The van der Waals surface area contributed by atoms with Gasteiger partial charge in [0.1, 0.15) is 0 Å². The lowest BCUT2D eigenvalue weighted by Crippen LogP contribution is -2.43. The van der Waals surface area contributed by atoms with Gasteiger partial charge < -0.3 is 15.7 Å². The van der Waals surface area contributed by atoms with Crippen molar-refractivity contribution in [3.8, 4) is 0 Å². The number of hydrogen-bond donors (Lipinski definition) is 2. The maximum atomic E-state index is 12.5. The van der Waals surface area contributed by atoms with Crippen molar-refractivity contribution in [3.63, 3.8) is 0 Å². The third-order valence-electron chi connectivity index (χ3n) is 6.15. The largest absolute Gasteiger partial charge is 0.395 e. The van der Waals surface area contributed by atoms with Crippen LogP contribution in [0.15, 0.2) is 24.3 Å². The number of benzene rings is 1. The summed E-state index contributed by atoms with van der Waals surface area (Å²) >= 11 is 0. The molecule has 0 aromatic heterocycles. The number of primary amides is 1. The van der Waals surface area contributed by atoms with Gasteiger partial charge in [0.15, 0.2) is 0 Å². The highest BCUT2D eigenvalue weighted by Crippen LogP contribution is 2.34. The molecule has 29 heavy (non-hydrogen) atoms. The van der Waals surface area contributed by atoms with Crippen molar-refractivity contribution in [2.24, 2.45) is 5.73 Å². The van der Waals surface area contributed by atoms with Crippen LogP contribution < -0.4 is 5.73 Å². The number of nitrogens with two attached hydrogens (primary N) is 1. The van der Waals surface area contributed by atoms with Gasteiger partial charge in [-0.1, -0.05) is 18.2 Å². The maximum Gasteiger partial charge on any atom is 0.249 e. The fourth-order valence-electron chi connectivity index (χ4n) is 4.42. The second-order valence-corrected chi connectivity index (χ2v) is 8.26. The lowest BCUT2D eigenvalue weighted by Gasteiger charge is -2.33. The van der Waals surface area contributed by atoms with Gasteiger partial charge in [-0.15, -0.1) is 0 Å². The Bertz CT molecular complexity index is 767. The number of nitrogens with zero attached hydrogens (tertiary/aromatic N) is 2. The Morgan fingerprint density at radius 3 is 2.62 bits per heavy atom. The minimum atomic E-state index is -0.370. The van der Waals surface area contributed by atoms with Gasteiger partial charge in [0.05, 0.1) is 13.2 Å². The molecule has 1 aromatic rings. The number of likely N-dealkylation sites (tertiary alicyclic amines) is 1. The Morgan fingerprint density at radius 1 is 1.24 bits per heavy atom. The summed E-state index contributed by atoms with van der Waals surface area (Å²) in [5, 5.41) is 8.99. The molecule has 6 heteroatoms. The number of hydrogen-bond acceptors (Lipinski definition) is 4. The molecular weight excluding hydrogens is 366 g/mol. The molecule has 1 saturated heterocycles. The zero-order chi connectivity index (χ0) is 20.8. The SMILES string of the molecule is CN(CCO)CC(=O)N1CCC(c2ccc(C(N)=O)c(C3=CCCCC3)c2)CC1. The first-order valence-electron chi connectivity index (χ1n) is 10.7. The van der Waals surface area contributed by atoms with E-state index in [4.69, 9.17) is 10.8 Å². The standard InChI is InChI=1S/C23H33N3O3/c1-25(13-14-27)16-22(28)26-11-9-17(10-12-26)19-7-8-20(23(24)29)21(15-19)18-5-3-2-4-6-18/h5,7-8,15,17,27H,2-4,6,9-14,16H2,1H3,(H2,24,29). The Labute approximate surface area is 173 Å². The number of allylic oxidation sites excluding steroid dienone is 2. The van der Waals surface area contributed by atoms with E-state index >= 15 is 0 Å². The number of carbonyl (C=O) groups is 2. The summed E-state index contributed by atoms with van der Waals surface area (Å²) in [6, 6.07) is 6.07. The number of aliphatic hydroxyl groups is 1. The molecule has 0 bridgehead atoms. The quantitative estimate of drug-likeness (QED) is 0.737. The summed E-state index contributed by atoms with van der Waals surface area (Å²) in [5.74, 6) is 0.140. The van der Waals surface area contributed by atoms with Crippen molar-refractivity contribution >= 4 is 17.4 Å². The summed E-state index contributed by atoms with van der Waals surface area (Å²) < 4.78 is 0. The van der Waals surface area contributed by atoms with E-state index in [0.29, 0.717) is 24.6 Å². The van der Waals surface area contributed by atoms with Crippen LogP contribution in [0.1, 0.15) is 65.9 Å². The van der Waals surface area contributed by atoms with Gasteiger partial charge in [-0.25, -0.2) is 0 Å². The monoisotopic (exact) mass is 399 g/mol. The molecule has 0 spiro atoms. The number of likely N-dealkylation sites (N-methyl/N-ethyl adjacent to an activating group) is 1. The molecule has 0 unspecified atom stereocenters. The van der Waals surface area contributed by atoms with Crippen molar-refractivity contribution in [2.75, 3.05) is 39.8 Å². The van der Waals surface area contributed by atoms with Gasteiger partial charge in [-0.2, -0.15) is 0 Å². The topological polar surface area (TPSA) is 86.9 Å². The summed E-state index contributed by atoms with van der Waals surface area (Å²) in [7, 11) is 1.85. The van der Waals surface area contributed by atoms with Crippen molar-refractivity contribution < 1.29 is 14.7 Å². The normalized spacial score (nSPS) is 18.0. The van der Waals surface area contributed by atoms with E-state index in [1.165, 1.54) is 17.6 Å². The van der Waals surface area contributed by atoms with Crippen molar-refractivity contribution in [1.29, 1.82) is 0 Å². The predicted octanol–water partition coefficient (Wildman–Crippen LogP) is 2.37. The molecule has 158 valence electrons. The van der Waals surface area contributed by atoms with Crippen LogP contribution in [-0.2, 0) is 4.79 Å². The Balaban J connectivity index is 1.68.